The average molecular weight is 302 g/mol. The number of halogens is 1. The third kappa shape index (κ3) is 5.53. The zero-order valence-corrected chi connectivity index (χ0v) is 12.1. The van der Waals surface area contributed by atoms with Gasteiger partial charge in [0, 0.05) is 11.0 Å². The lowest BCUT2D eigenvalue weighted by atomic mass is 10.2. The number of carbonyl (C=O) groups excluding carboxylic acids is 1. The van der Waals surface area contributed by atoms with E-state index in [1.165, 1.54) is 11.8 Å². The minimum atomic E-state index is -1.05. The van der Waals surface area contributed by atoms with Gasteiger partial charge in [0.2, 0.25) is 5.91 Å². The van der Waals surface area contributed by atoms with E-state index in [1.54, 1.807) is 6.92 Å². The number of thioether (sulfide) groups is 1. The molecular formula is C13H16ClNO3S. The summed E-state index contributed by atoms with van der Waals surface area (Å²) in [7, 11) is 0. The van der Waals surface area contributed by atoms with Crippen LogP contribution in [0, 0.1) is 0 Å². The van der Waals surface area contributed by atoms with Gasteiger partial charge in [-0.2, -0.15) is 11.8 Å². The van der Waals surface area contributed by atoms with Gasteiger partial charge in [-0.3, -0.25) is 4.79 Å². The van der Waals surface area contributed by atoms with Crippen molar-refractivity contribution in [3.8, 4) is 0 Å². The van der Waals surface area contributed by atoms with Crippen LogP contribution in [0.4, 0.5) is 0 Å². The molecule has 1 amide bonds. The first kappa shape index (κ1) is 15.9. The second-order valence-electron chi connectivity index (χ2n) is 4.02. The second kappa shape index (κ2) is 8.07. The maximum absolute atomic E-state index is 11.2. The zero-order chi connectivity index (χ0) is 14.3. The number of rotatable bonds is 7. The summed E-state index contributed by atoms with van der Waals surface area (Å²) in [5.41, 5.74) is 1.12. The van der Waals surface area contributed by atoms with Crippen LogP contribution in [0.15, 0.2) is 30.3 Å². The number of amides is 1. The molecule has 0 saturated heterocycles. The minimum absolute atomic E-state index is 0.236. The molecule has 1 rings (SSSR count). The lowest BCUT2D eigenvalue weighted by Crippen LogP contribution is -2.47. The highest BCUT2D eigenvalue weighted by molar-refractivity contribution is 7.99. The number of aliphatic carboxylic acids is 1. The van der Waals surface area contributed by atoms with Gasteiger partial charge in [-0.15, -0.1) is 11.6 Å². The Balaban J connectivity index is 2.55. The highest BCUT2D eigenvalue weighted by Gasteiger charge is 2.26. The zero-order valence-electron chi connectivity index (χ0n) is 10.5. The molecule has 0 heterocycles. The number of hydrogen-bond acceptors (Lipinski definition) is 3. The first-order valence-electron chi connectivity index (χ1n) is 5.78. The first-order valence-corrected chi connectivity index (χ1v) is 7.36. The van der Waals surface area contributed by atoms with Crippen LogP contribution in [0.1, 0.15) is 12.5 Å². The third-order valence-electron chi connectivity index (χ3n) is 2.53. The number of alkyl halides is 1. The average Bonchev–Trinajstić information content (AvgIpc) is 2.42. The highest BCUT2D eigenvalue weighted by Crippen LogP contribution is 2.20. The molecule has 1 aromatic carbocycles. The summed E-state index contributed by atoms with van der Waals surface area (Å²) < 4.78 is 0. The van der Waals surface area contributed by atoms with Gasteiger partial charge in [0.1, 0.15) is 11.9 Å². The monoisotopic (exact) mass is 301 g/mol. The number of carboxylic acids is 1. The quantitative estimate of drug-likeness (QED) is 0.757. The van der Waals surface area contributed by atoms with Crippen LogP contribution in [0.25, 0.3) is 0 Å². The molecule has 0 aliphatic heterocycles. The minimum Gasteiger partial charge on any atom is -0.480 e. The Bertz CT molecular complexity index is 427. The Morgan fingerprint density at radius 1 is 1.37 bits per heavy atom. The Labute approximate surface area is 121 Å². The molecule has 4 nitrogen and oxygen atoms in total. The summed E-state index contributed by atoms with van der Waals surface area (Å²) in [4.78, 5) is 22.3. The lowest BCUT2D eigenvalue weighted by molar-refractivity contribution is -0.141. The summed E-state index contributed by atoms with van der Waals surface area (Å²) in [5, 5.41) is 11.3. The van der Waals surface area contributed by atoms with Crippen molar-refractivity contribution < 1.29 is 14.7 Å². The van der Waals surface area contributed by atoms with E-state index in [9.17, 15) is 9.59 Å². The summed E-state index contributed by atoms with van der Waals surface area (Å²) >= 11 is 6.85. The van der Waals surface area contributed by atoms with Gasteiger partial charge in [0.05, 0.1) is 0 Å². The molecule has 0 radical (unpaired) electrons. The molecule has 19 heavy (non-hydrogen) atoms. The van der Waals surface area contributed by atoms with E-state index in [-0.39, 0.29) is 11.1 Å². The predicted molar refractivity (Wildman–Crippen MR) is 77.5 cm³/mol. The maximum atomic E-state index is 11.2. The fraction of sp³-hybridized carbons (Fsp3) is 0.385. The van der Waals surface area contributed by atoms with E-state index < -0.39 is 17.9 Å². The summed E-state index contributed by atoms with van der Waals surface area (Å²) in [6.45, 7) is 1.78. The molecule has 2 unspecified atom stereocenters. The van der Waals surface area contributed by atoms with Crippen LogP contribution in [-0.4, -0.2) is 34.2 Å². The van der Waals surface area contributed by atoms with Gasteiger partial charge in [0.25, 0.3) is 0 Å². The second-order valence-corrected chi connectivity index (χ2v) is 5.65. The van der Waals surface area contributed by atoms with E-state index >= 15 is 0 Å². The number of carbonyl (C=O) groups is 2. The van der Waals surface area contributed by atoms with Crippen LogP contribution in [0.5, 0.6) is 0 Å². The first-order chi connectivity index (χ1) is 9.04. The summed E-state index contributed by atoms with van der Waals surface area (Å²) in [5.74, 6) is -1.06. The molecule has 0 spiro atoms. The maximum Gasteiger partial charge on any atom is 0.327 e. The van der Waals surface area contributed by atoms with Crippen molar-refractivity contribution in [1.29, 1.82) is 0 Å². The number of benzene rings is 1. The van der Waals surface area contributed by atoms with Crippen molar-refractivity contribution in [2.45, 2.75) is 24.0 Å². The van der Waals surface area contributed by atoms with Gasteiger partial charge in [-0.25, -0.2) is 4.79 Å². The molecule has 2 atom stereocenters. The van der Waals surface area contributed by atoms with Gasteiger partial charge >= 0.3 is 5.97 Å². The van der Waals surface area contributed by atoms with Gasteiger partial charge < -0.3 is 10.4 Å². The molecule has 0 aliphatic rings. The van der Waals surface area contributed by atoms with Crippen LogP contribution in [0.3, 0.4) is 0 Å². The summed E-state index contributed by atoms with van der Waals surface area (Å²) in [6, 6.07) is 8.83. The fourth-order valence-corrected chi connectivity index (χ4v) is 2.59. The molecule has 2 N–H and O–H groups in total. The van der Waals surface area contributed by atoms with E-state index in [4.69, 9.17) is 16.7 Å². The Kier molecular flexibility index (Phi) is 6.73. The Morgan fingerprint density at radius 3 is 2.53 bits per heavy atom. The fourth-order valence-electron chi connectivity index (χ4n) is 1.49. The molecule has 0 saturated carbocycles. The molecule has 1 aromatic rings. The smallest absolute Gasteiger partial charge is 0.327 e. The Morgan fingerprint density at radius 2 is 2.00 bits per heavy atom. The number of nitrogens with one attached hydrogen (secondary N) is 1. The lowest BCUT2D eigenvalue weighted by Gasteiger charge is -2.20. The Hall–Kier alpha value is -1.20. The van der Waals surface area contributed by atoms with E-state index in [1.807, 2.05) is 30.3 Å². The third-order valence-corrected chi connectivity index (χ3v) is 4.07. The van der Waals surface area contributed by atoms with E-state index in [2.05, 4.69) is 5.32 Å². The SMILES string of the molecule is CC(SCc1ccccc1)C(NC(=O)CCl)C(=O)O. The van der Waals surface area contributed by atoms with Crippen LogP contribution >= 0.6 is 23.4 Å². The number of hydrogen-bond donors (Lipinski definition) is 2. The molecule has 0 fully saturated rings. The normalized spacial score (nSPS) is 13.6. The van der Waals surface area contributed by atoms with Crippen LogP contribution in [-0.2, 0) is 15.3 Å². The van der Waals surface area contributed by atoms with Crippen LogP contribution in [0.2, 0.25) is 0 Å². The van der Waals surface area contributed by atoms with Crippen molar-refractivity contribution in [3.05, 3.63) is 35.9 Å². The van der Waals surface area contributed by atoms with E-state index in [0.717, 1.165) is 5.56 Å². The molecule has 0 bridgehead atoms. The van der Waals surface area contributed by atoms with Crippen molar-refractivity contribution in [2.24, 2.45) is 0 Å². The molecule has 0 aliphatic carbocycles. The van der Waals surface area contributed by atoms with Crippen molar-refractivity contribution in [3.63, 3.8) is 0 Å². The molecular weight excluding hydrogens is 286 g/mol. The summed E-state index contributed by atoms with van der Waals surface area (Å²) in [6.07, 6.45) is 0. The number of carboxylic acid groups (broad SMARTS) is 1. The molecule has 6 heteroatoms. The highest BCUT2D eigenvalue weighted by atomic mass is 35.5. The van der Waals surface area contributed by atoms with Crippen molar-refractivity contribution in [2.75, 3.05) is 5.88 Å². The van der Waals surface area contributed by atoms with Gasteiger partial charge in [-0.1, -0.05) is 37.3 Å². The van der Waals surface area contributed by atoms with E-state index in [0.29, 0.717) is 5.75 Å². The largest absolute Gasteiger partial charge is 0.480 e. The molecule has 104 valence electrons. The van der Waals surface area contributed by atoms with Crippen molar-refractivity contribution >= 4 is 35.2 Å². The van der Waals surface area contributed by atoms with Gasteiger partial charge in [-0.05, 0) is 5.56 Å². The topological polar surface area (TPSA) is 66.4 Å². The standard InChI is InChI=1S/C13H16ClNO3S/c1-9(12(13(17)18)15-11(16)7-14)19-8-10-5-3-2-4-6-10/h2-6,9,12H,7-8H2,1H3,(H,15,16)(H,17,18). The predicted octanol–water partition coefficient (Wildman–Crippen LogP) is 2.12. The van der Waals surface area contributed by atoms with Gasteiger partial charge in [0.15, 0.2) is 0 Å². The van der Waals surface area contributed by atoms with Crippen molar-refractivity contribution in [1.82, 2.24) is 5.32 Å². The molecule has 0 aromatic heterocycles. The van der Waals surface area contributed by atoms with Crippen LogP contribution < -0.4 is 5.32 Å².